The molecule has 0 bridgehead atoms. The van der Waals surface area contributed by atoms with Crippen LogP contribution in [0.2, 0.25) is 0 Å². The molecule has 0 saturated heterocycles. The molecule has 0 aliphatic carbocycles. The topological polar surface area (TPSA) is 124 Å². The molecular formula is C21H16N6O4S2. The number of thiophene rings is 1. The zero-order chi connectivity index (χ0) is 23.2. The first-order chi connectivity index (χ1) is 15.9. The summed E-state index contributed by atoms with van der Waals surface area (Å²) in [5.74, 6) is 0.479. The summed E-state index contributed by atoms with van der Waals surface area (Å²) in [6.07, 6.45) is 0. The molecule has 33 heavy (non-hydrogen) atoms. The van der Waals surface area contributed by atoms with Crippen LogP contribution in [0.25, 0.3) is 28.1 Å². The van der Waals surface area contributed by atoms with Crippen LogP contribution in [-0.2, 0) is 10.0 Å². The minimum atomic E-state index is -3.88. The van der Waals surface area contributed by atoms with E-state index in [1.165, 1.54) is 16.4 Å². The summed E-state index contributed by atoms with van der Waals surface area (Å²) >= 11 is 1.12. The lowest BCUT2D eigenvalue weighted by molar-refractivity contribution is -0.384. The number of benzene rings is 2. The highest BCUT2D eigenvalue weighted by Gasteiger charge is 2.30. The SMILES string of the molecule is CCN(c1nc2ccccc2n2c(-c3cccc([N+](=O)[O-])c3)nnc12)S(=O)(=O)c1cccs1. The number of aromatic nitrogens is 4. The molecule has 5 aromatic rings. The number of hydrogen-bond acceptors (Lipinski definition) is 8. The monoisotopic (exact) mass is 480 g/mol. The van der Waals surface area contributed by atoms with Crippen molar-refractivity contribution in [1.29, 1.82) is 0 Å². The van der Waals surface area contributed by atoms with Crippen LogP contribution in [0, 0.1) is 10.1 Å². The molecule has 0 fully saturated rings. The van der Waals surface area contributed by atoms with Gasteiger partial charge in [-0.2, -0.15) is 0 Å². The third kappa shape index (κ3) is 3.39. The van der Waals surface area contributed by atoms with E-state index < -0.39 is 14.9 Å². The Hall–Kier alpha value is -3.90. The molecule has 0 aliphatic rings. The molecule has 5 rings (SSSR count). The van der Waals surface area contributed by atoms with Crippen LogP contribution in [0.5, 0.6) is 0 Å². The number of hydrogen-bond donors (Lipinski definition) is 0. The number of fused-ring (bicyclic) bond motifs is 3. The first kappa shape index (κ1) is 21.0. The Labute approximate surface area is 192 Å². The van der Waals surface area contributed by atoms with E-state index in [9.17, 15) is 18.5 Å². The van der Waals surface area contributed by atoms with Crippen LogP contribution < -0.4 is 4.31 Å². The van der Waals surface area contributed by atoms with Gasteiger partial charge in [-0.15, -0.1) is 21.5 Å². The number of sulfonamides is 1. The van der Waals surface area contributed by atoms with Gasteiger partial charge in [0.25, 0.3) is 15.7 Å². The van der Waals surface area contributed by atoms with Crippen LogP contribution in [0.3, 0.4) is 0 Å². The Balaban J connectivity index is 1.82. The van der Waals surface area contributed by atoms with Crippen molar-refractivity contribution in [3.05, 3.63) is 76.2 Å². The summed E-state index contributed by atoms with van der Waals surface area (Å²) in [6.45, 7) is 1.84. The zero-order valence-corrected chi connectivity index (χ0v) is 18.8. The van der Waals surface area contributed by atoms with Crippen LogP contribution in [0.4, 0.5) is 11.5 Å². The third-order valence-corrected chi connectivity index (χ3v) is 8.33. The molecule has 166 valence electrons. The zero-order valence-electron chi connectivity index (χ0n) is 17.2. The van der Waals surface area contributed by atoms with Gasteiger partial charge in [-0.3, -0.25) is 14.5 Å². The Morgan fingerprint density at radius 2 is 1.91 bits per heavy atom. The predicted molar refractivity (Wildman–Crippen MR) is 125 cm³/mol. The van der Waals surface area contributed by atoms with Crippen molar-refractivity contribution in [3.8, 4) is 11.4 Å². The van der Waals surface area contributed by atoms with Crippen molar-refractivity contribution in [2.24, 2.45) is 0 Å². The van der Waals surface area contributed by atoms with Gasteiger partial charge in [0, 0.05) is 24.2 Å². The van der Waals surface area contributed by atoms with Crippen LogP contribution in [-0.4, -0.2) is 39.5 Å². The highest BCUT2D eigenvalue weighted by atomic mass is 32.2. The van der Waals surface area contributed by atoms with Gasteiger partial charge in [-0.1, -0.05) is 30.3 Å². The summed E-state index contributed by atoms with van der Waals surface area (Å²) < 4.78 is 29.8. The van der Waals surface area contributed by atoms with Gasteiger partial charge in [0.2, 0.25) is 5.65 Å². The fourth-order valence-corrected chi connectivity index (χ4v) is 6.16. The number of nitro benzene ring substituents is 1. The Bertz CT molecular complexity index is 1610. The average molecular weight is 481 g/mol. The molecule has 3 aromatic heterocycles. The molecule has 3 heterocycles. The van der Waals surface area contributed by atoms with Crippen LogP contribution in [0.15, 0.2) is 70.3 Å². The van der Waals surface area contributed by atoms with E-state index in [-0.39, 0.29) is 27.9 Å². The maximum atomic E-state index is 13.4. The van der Waals surface area contributed by atoms with Gasteiger partial charge in [0.1, 0.15) is 4.21 Å². The molecule has 12 heteroatoms. The fraction of sp³-hybridized carbons (Fsp3) is 0.0952. The molecular weight excluding hydrogens is 464 g/mol. The Morgan fingerprint density at radius 3 is 2.64 bits per heavy atom. The molecule has 0 radical (unpaired) electrons. The van der Waals surface area contributed by atoms with Gasteiger partial charge in [0.15, 0.2) is 11.6 Å². The van der Waals surface area contributed by atoms with Crippen molar-refractivity contribution in [2.75, 3.05) is 10.8 Å². The van der Waals surface area contributed by atoms with Crippen LogP contribution in [0.1, 0.15) is 6.92 Å². The van der Waals surface area contributed by atoms with Gasteiger partial charge in [-0.25, -0.2) is 17.7 Å². The number of nitro groups is 1. The van der Waals surface area contributed by atoms with E-state index in [1.807, 2.05) is 12.1 Å². The number of non-ortho nitro benzene ring substituents is 1. The average Bonchev–Trinajstić information content (AvgIpc) is 3.51. The molecule has 0 aliphatic heterocycles. The lowest BCUT2D eigenvalue weighted by Gasteiger charge is -2.21. The second kappa shape index (κ2) is 7.90. The van der Waals surface area contributed by atoms with Crippen molar-refractivity contribution < 1.29 is 13.3 Å². The van der Waals surface area contributed by atoms with Gasteiger partial charge >= 0.3 is 0 Å². The largest absolute Gasteiger partial charge is 0.275 e. The van der Waals surface area contributed by atoms with E-state index in [1.54, 1.807) is 53.1 Å². The molecule has 0 unspecified atom stereocenters. The number of nitrogens with zero attached hydrogens (tertiary/aromatic N) is 6. The van der Waals surface area contributed by atoms with Gasteiger partial charge < -0.3 is 0 Å². The summed E-state index contributed by atoms with van der Waals surface area (Å²) in [5, 5.41) is 21.5. The molecule has 0 spiro atoms. The minimum Gasteiger partial charge on any atom is -0.270 e. The summed E-state index contributed by atoms with van der Waals surface area (Å²) in [4.78, 5) is 15.4. The summed E-state index contributed by atoms with van der Waals surface area (Å²) in [5.41, 5.74) is 1.80. The number of anilines is 1. The summed E-state index contributed by atoms with van der Waals surface area (Å²) in [7, 11) is -3.88. The molecule has 0 saturated carbocycles. The van der Waals surface area contributed by atoms with Gasteiger partial charge in [0.05, 0.1) is 16.0 Å². The van der Waals surface area contributed by atoms with E-state index >= 15 is 0 Å². The fourth-order valence-electron chi connectivity index (χ4n) is 3.63. The highest BCUT2D eigenvalue weighted by Crippen LogP contribution is 2.33. The normalized spacial score (nSPS) is 11.8. The Kier molecular flexibility index (Phi) is 5.02. The van der Waals surface area contributed by atoms with Gasteiger partial charge in [-0.05, 0) is 30.5 Å². The maximum absolute atomic E-state index is 13.4. The summed E-state index contributed by atoms with van der Waals surface area (Å²) in [6, 6.07) is 16.5. The quantitative estimate of drug-likeness (QED) is 0.264. The Morgan fingerprint density at radius 1 is 1.09 bits per heavy atom. The van der Waals surface area contributed by atoms with Crippen molar-refractivity contribution >= 4 is 49.5 Å². The smallest absolute Gasteiger partial charge is 0.270 e. The lowest BCUT2D eigenvalue weighted by Crippen LogP contribution is -2.31. The predicted octanol–water partition coefficient (Wildman–Crippen LogP) is 4.13. The van der Waals surface area contributed by atoms with Crippen LogP contribution >= 0.6 is 11.3 Å². The number of rotatable bonds is 6. The molecule has 0 atom stereocenters. The van der Waals surface area contributed by atoms with E-state index in [4.69, 9.17) is 0 Å². The lowest BCUT2D eigenvalue weighted by atomic mass is 10.2. The molecule has 2 aromatic carbocycles. The minimum absolute atomic E-state index is 0.0849. The first-order valence-electron chi connectivity index (χ1n) is 9.86. The third-order valence-electron chi connectivity index (χ3n) is 5.09. The van der Waals surface area contributed by atoms with Crippen molar-refractivity contribution in [3.63, 3.8) is 0 Å². The molecule has 0 amide bonds. The highest BCUT2D eigenvalue weighted by molar-refractivity contribution is 7.94. The number of para-hydroxylation sites is 2. The second-order valence-corrected chi connectivity index (χ2v) is 10.1. The van der Waals surface area contributed by atoms with Crippen molar-refractivity contribution in [2.45, 2.75) is 11.1 Å². The molecule has 10 nitrogen and oxygen atoms in total. The first-order valence-corrected chi connectivity index (χ1v) is 12.2. The standard InChI is InChI=1S/C21H16N6O4S2/c1-2-25(33(30,31)18-11-6-12-32-18)20-21-24-23-19(14-7-5-8-15(13-14)27(28)29)26(21)17-10-4-3-9-16(17)22-20/h3-13H,2H2,1H3. The second-order valence-electron chi connectivity index (χ2n) is 7.02. The van der Waals surface area contributed by atoms with Crippen molar-refractivity contribution in [1.82, 2.24) is 19.6 Å². The van der Waals surface area contributed by atoms with E-state index in [0.29, 0.717) is 22.4 Å². The molecule has 0 N–H and O–H groups in total. The van der Waals surface area contributed by atoms with E-state index in [0.717, 1.165) is 11.3 Å². The maximum Gasteiger partial charge on any atom is 0.275 e. The van der Waals surface area contributed by atoms with E-state index in [2.05, 4.69) is 15.2 Å².